The minimum atomic E-state index is -0.748. The number of aliphatic carboxylic acids is 1. The molecule has 4 heteroatoms. The molecule has 0 aliphatic rings. The molecule has 0 aliphatic carbocycles. The summed E-state index contributed by atoms with van der Waals surface area (Å²) in [6, 6.07) is 0. The number of carboxylic acids is 1. The van der Waals surface area contributed by atoms with Crippen molar-refractivity contribution in [3.8, 4) is 0 Å². The van der Waals surface area contributed by atoms with Crippen LogP contribution < -0.4 is 0 Å². The average Bonchev–Trinajstić information content (AvgIpc) is 1.35. The van der Waals surface area contributed by atoms with E-state index in [2.05, 4.69) is 0 Å². The average molecular weight is 148 g/mol. The maximum absolute atomic E-state index is 9.58. The van der Waals surface area contributed by atoms with Crippen LogP contribution in [-0.2, 0) is 4.79 Å². The molecule has 0 atom stereocenters. The van der Waals surface area contributed by atoms with E-state index in [1.54, 1.807) is 6.26 Å². The second-order valence-electron chi connectivity index (χ2n) is 0.827. The van der Waals surface area contributed by atoms with Crippen molar-refractivity contribution in [3.05, 3.63) is 0 Å². The predicted octanol–water partition coefficient (Wildman–Crippen LogP) is 0.278. The van der Waals surface area contributed by atoms with Crippen LogP contribution >= 0.6 is 11.8 Å². The predicted molar refractivity (Wildman–Crippen MR) is 34.0 cm³/mol. The van der Waals surface area contributed by atoms with Crippen molar-refractivity contribution in [3.63, 3.8) is 0 Å². The first-order chi connectivity index (χ1) is 2.77. The number of rotatable bonds is 2. The van der Waals surface area contributed by atoms with E-state index in [0.29, 0.717) is 0 Å². The van der Waals surface area contributed by atoms with Crippen LogP contribution in [0.1, 0.15) is 2.85 Å². The summed E-state index contributed by atoms with van der Waals surface area (Å²) in [6.45, 7) is 0. The Morgan fingerprint density at radius 3 is 2.43 bits per heavy atom. The first-order valence-corrected chi connectivity index (χ1v) is 2.87. The molecule has 0 aromatic carbocycles. The number of thioether (sulfide) groups is 1. The van der Waals surface area contributed by atoms with Gasteiger partial charge in [-0.1, -0.05) is 0 Å². The van der Waals surface area contributed by atoms with Gasteiger partial charge in [0, 0.05) is 0 Å². The second-order valence-corrected chi connectivity index (χ2v) is 1.69. The van der Waals surface area contributed by atoms with Crippen LogP contribution in [-0.4, -0.2) is 60.8 Å². The Labute approximate surface area is 79.6 Å². The fourth-order valence-corrected chi connectivity index (χ4v) is 0.370. The van der Waals surface area contributed by atoms with Crippen LogP contribution in [0.2, 0.25) is 0 Å². The van der Waals surface area contributed by atoms with Crippen molar-refractivity contribution in [1.29, 1.82) is 0 Å². The molecule has 0 saturated heterocycles. The molecule has 0 unspecified atom stereocenters. The molecule has 7 heavy (non-hydrogen) atoms. The fourth-order valence-electron chi connectivity index (χ4n) is 0.123. The third-order valence-electron chi connectivity index (χ3n) is 0.268. The van der Waals surface area contributed by atoms with Crippen LogP contribution in [0.25, 0.3) is 0 Å². The van der Waals surface area contributed by atoms with Crippen LogP contribution in [0, 0.1) is 0 Å². The van der Waals surface area contributed by atoms with Gasteiger partial charge in [0.05, 0.1) is 5.75 Å². The monoisotopic (exact) mass is 148 g/mol. The molecule has 0 bridgehead atoms. The standard InChI is InChI=1S/C3H6O2S.Ca.2H/c1-6-2-3(4)5;;;/h2H2,1H3,(H,4,5);;;/q;+2;2*-1. The Balaban J connectivity index is -0.0000000417. The number of hydrogen-bond acceptors (Lipinski definition) is 2. The van der Waals surface area contributed by atoms with E-state index >= 15 is 0 Å². The van der Waals surface area contributed by atoms with Gasteiger partial charge in [-0.05, 0) is 6.26 Å². The molecule has 0 amide bonds. The molecular weight excluding hydrogens is 140 g/mol. The molecule has 2 nitrogen and oxygen atoms in total. The maximum atomic E-state index is 9.58. The number of hydrogen-bond donors (Lipinski definition) is 1. The van der Waals surface area contributed by atoms with Crippen molar-refractivity contribution in [2.24, 2.45) is 0 Å². The van der Waals surface area contributed by atoms with Crippen molar-refractivity contribution in [1.82, 2.24) is 0 Å². The molecule has 40 valence electrons. The molecule has 0 aliphatic heterocycles. The fraction of sp³-hybridized carbons (Fsp3) is 0.667. The molecule has 0 rings (SSSR count). The van der Waals surface area contributed by atoms with E-state index in [4.69, 9.17) is 5.11 Å². The first kappa shape index (κ1) is 11.0. The Morgan fingerprint density at radius 2 is 2.43 bits per heavy atom. The van der Waals surface area contributed by atoms with Gasteiger partial charge in [-0.3, -0.25) is 4.79 Å². The van der Waals surface area contributed by atoms with Crippen molar-refractivity contribution in [2.75, 3.05) is 12.0 Å². The third kappa shape index (κ3) is 11.0. The molecular formula is C3H8CaO2S. The smallest absolute Gasteiger partial charge is 1.00 e. The van der Waals surface area contributed by atoms with Gasteiger partial charge in [0.25, 0.3) is 0 Å². The maximum Gasteiger partial charge on any atom is 2.00 e. The van der Waals surface area contributed by atoms with Gasteiger partial charge in [-0.25, -0.2) is 0 Å². The van der Waals surface area contributed by atoms with Crippen LogP contribution in [0.3, 0.4) is 0 Å². The van der Waals surface area contributed by atoms with Crippen LogP contribution in [0.4, 0.5) is 0 Å². The molecule has 1 N–H and O–H groups in total. The summed E-state index contributed by atoms with van der Waals surface area (Å²) in [7, 11) is 0. The minimum absolute atomic E-state index is 0. The summed E-state index contributed by atoms with van der Waals surface area (Å²) in [5, 5.41) is 7.89. The van der Waals surface area contributed by atoms with E-state index in [-0.39, 0.29) is 46.3 Å². The van der Waals surface area contributed by atoms with E-state index in [1.807, 2.05) is 0 Å². The van der Waals surface area contributed by atoms with Gasteiger partial charge in [0.2, 0.25) is 0 Å². The molecule has 0 aromatic heterocycles. The molecule has 0 aromatic rings. The Kier molecular flexibility index (Phi) is 11.1. The number of carboxylic acid groups (broad SMARTS) is 1. The van der Waals surface area contributed by atoms with E-state index < -0.39 is 5.97 Å². The normalized spacial score (nSPS) is 7.00. The SMILES string of the molecule is CSCC(=O)O.[Ca+2].[H-].[H-]. The number of carbonyl (C=O) groups is 1. The van der Waals surface area contributed by atoms with Gasteiger partial charge in [-0.2, -0.15) is 11.8 Å². The summed E-state index contributed by atoms with van der Waals surface area (Å²) in [4.78, 5) is 9.58. The first-order valence-electron chi connectivity index (χ1n) is 1.48. The summed E-state index contributed by atoms with van der Waals surface area (Å²) in [5.74, 6) is -0.539. The van der Waals surface area contributed by atoms with Crippen molar-refractivity contribution < 1.29 is 12.8 Å². The zero-order chi connectivity index (χ0) is 4.99. The van der Waals surface area contributed by atoms with E-state index in [0.717, 1.165) is 0 Å². The van der Waals surface area contributed by atoms with E-state index in [1.165, 1.54) is 11.8 Å². The largest absolute Gasteiger partial charge is 2.00 e. The Bertz CT molecular complexity index is 63.8. The molecule has 0 radical (unpaired) electrons. The van der Waals surface area contributed by atoms with Crippen molar-refractivity contribution in [2.45, 2.75) is 0 Å². The van der Waals surface area contributed by atoms with Crippen LogP contribution in [0.5, 0.6) is 0 Å². The van der Waals surface area contributed by atoms with Crippen LogP contribution in [0.15, 0.2) is 0 Å². The van der Waals surface area contributed by atoms with Gasteiger partial charge in [-0.15, -0.1) is 0 Å². The molecule has 0 spiro atoms. The molecule has 0 heterocycles. The Morgan fingerprint density at radius 1 is 2.00 bits per heavy atom. The summed E-state index contributed by atoms with van der Waals surface area (Å²) < 4.78 is 0. The minimum Gasteiger partial charge on any atom is -1.00 e. The summed E-state index contributed by atoms with van der Waals surface area (Å²) >= 11 is 1.31. The zero-order valence-electron chi connectivity index (χ0n) is 6.18. The quantitative estimate of drug-likeness (QED) is 0.571. The van der Waals surface area contributed by atoms with E-state index in [9.17, 15) is 4.79 Å². The van der Waals surface area contributed by atoms with Crippen molar-refractivity contribution >= 4 is 55.5 Å². The van der Waals surface area contributed by atoms with Gasteiger partial charge in [0.15, 0.2) is 0 Å². The summed E-state index contributed by atoms with van der Waals surface area (Å²) in [5.41, 5.74) is 0. The van der Waals surface area contributed by atoms with Gasteiger partial charge < -0.3 is 7.96 Å². The third-order valence-corrected chi connectivity index (χ3v) is 0.803. The molecule has 0 fully saturated rings. The Hall–Kier alpha value is 1.08. The van der Waals surface area contributed by atoms with Gasteiger partial charge >= 0.3 is 43.7 Å². The topological polar surface area (TPSA) is 37.3 Å². The van der Waals surface area contributed by atoms with Gasteiger partial charge in [0.1, 0.15) is 0 Å². The zero-order valence-corrected chi connectivity index (χ0v) is 7.20. The molecule has 0 saturated carbocycles. The summed E-state index contributed by atoms with van der Waals surface area (Å²) in [6.07, 6.45) is 1.76. The second kappa shape index (κ2) is 7.08.